The molecule has 1 aromatic heterocycles. The lowest BCUT2D eigenvalue weighted by atomic mass is 10.3. The number of aromatic nitrogens is 2. The van der Waals surface area contributed by atoms with Crippen LogP contribution in [0.15, 0.2) is 23.7 Å². The molecule has 0 atom stereocenters. The number of guanidine groups is 1. The van der Waals surface area contributed by atoms with Crippen LogP contribution in [-0.4, -0.2) is 15.9 Å². The largest absolute Gasteiger partial charge is 0.370 e. The normalized spacial score (nSPS) is 9.09. The van der Waals surface area contributed by atoms with Crippen molar-refractivity contribution in [3.05, 3.63) is 24.3 Å². The minimum absolute atomic E-state index is 0.0776. The molecule has 0 spiro atoms. The number of hydrogen-bond donors (Lipinski definition) is 2. The van der Waals surface area contributed by atoms with Gasteiger partial charge in [-0.05, 0) is 0 Å². The second kappa shape index (κ2) is 3.50. The molecule has 4 N–H and O–H groups in total. The highest BCUT2D eigenvalue weighted by atomic mass is 15.0. The fourth-order valence-corrected chi connectivity index (χ4v) is 0.594. The van der Waals surface area contributed by atoms with Crippen LogP contribution in [0, 0.1) is 0 Å². The molecule has 0 saturated carbocycles. The molecule has 0 aliphatic rings. The molecule has 1 heterocycles. The van der Waals surface area contributed by atoms with Crippen LogP contribution in [0.1, 0.15) is 5.56 Å². The Morgan fingerprint density at radius 3 is 2.55 bits per heavy atom. The zero-order valence-corrected chi connectivity index (χ0v) is 5.94. The van der Waals surface area contributed by atoms with Crippen LogP contribution >= 0.6 is 0 Å². The third-order valence-electron chi connectivity index (χ3n) is 1.06. The van der Waals surface area contributed by atoms with Crippen LogP contribution in [0.4, 0.5) is 0 Å². The fraction of sp³-hybridized carbons (Fsp3) is 0.167. The van der Waals surface area contributed by atoms with E-state index in [1.165, 1.54) is 6.33 Å². The van der Waals surface area contributed by atoms with Gasteiger partial charge in [-0.25, -0.2) is 15.0 Å². The summed E-state index contributed by atoms with van der Waals surface area (Å²) < 4.78 is 0. The molecule has 1 aromatic rings. The summed E-state index contributed by atoms with van der Waals surface area (Å²) in [6, 6.07) is 0. The van der Waals surface area contributed by atoms with Gasteiger partial charge in [-0.3, -0.25) is 0 Å². The molecule has 0 fully saturated rings. The highest BCUT2D eigenvalue weighted by molar-refractivity contribution is 5.75. The van der Waals surface area contributed by atoms with Crippen molar-refractivity contribution in [1.82, 2.24) is 9.97 Å². The first kappa shape index (κ1) is 7.46. The summed E-state index contributed by atoms with van der Waals surface area (Å²) in [5.41, 5.74) is 11.1. The topological polar surface area (TPSA) is 90.2 Å². The molecule has 0 amide bonds. The second-order valence-electron chi connectivity index (χ2n) is 1.99. The van der Waals surface area contributed by atoms with E-state index in [0.717, 1.165) is 5.56 Å². The molecule has 5 heteroatoms. The Morgan fingerprint density at radius 2 is 2.00 bits per heavy atom. The van der Waals surface area contributed by atoms with E-state index in [1.54, 1.807) is 12.4 Å². The van der Waals surface area contributed by atoms with Crippen molar-refractivity contribution in [2.45, 2.75) is 6.54 Å². The summed E-state index contributed by atoms with van der Waals surface area (Å²) in [5.74, 6) is 0.0776. The van der Waals surface area contributed by atoms with E-state index in [2.05, 4.69) is 15.0 Å². The van der Waals surface area contributed by atoms with Crippen LogP contribution in [-0.2, 0) is 6.54 Å². The Kier molecular flexibility index (Phi) is 2.37. The molecule has 0 radical (unpaired) electrons. The van der Waals surface area contributed by atoms with Gasteiger partial charge in [0, 0.05) is 18.0 Å². The van der Waals surface area contributed by atoms with E-state index in [4.69, 9.17) is 11.5 Å². The fourth-order valence-electron chi connectivity index (χ4n) is 0.594. The number of rotatable bonds is 2. The molecule has 0 saturated heterocycles. The van der Waals surface area contributed by atoms with Gasteiger partial charge < -0.3 is 11.5 Å². The number of nitrogens with two attached hydrogens (primary N) is 2. The Balaban J connectivity index is 2.59. The van der Waals surface area contributed by atoms with Crippen molar-refractivity contribution in [2.24, 2.45) is 16.5 Å². The van der Waals surface area contributed by atoms with Crippen LogP contribution in [0.3, 0.4) is 0 Å². The predicted octanol–water partition coefficient (Wildman–Crippen LogP) is -0.750. The maximum atomic E-state index is 5.13. The van der Waals surface area contributed by atoms with E-state index in [9.17, 15) is 0 Å². The van der Waals surface area contributed by atoms with Gasteiger partial charge >= 0.3 is 0 Å². The molecular weight excluding hydrogens is 142 g/mol. The number of aliphatic imine (C=N–C) groups is 1. The summed E-state index contributed by atoms with van der Waals surface area (Å²) in [7, 11) is 0. The first-order valence-corrected chi connectivity index (χ1v) is 3.08. The summed E-state index contributed by atoms with van der Waals surface area (Å²) in [6.45, 7) is 0.434. The molecule has 0 aliphatic carbocycles. The summed E-state index contributed by atoms with van der Waals surface area (Å²) in [6.07, 6.45) is 4.79. The summed E-state index contributed by atoms with van der Waals surface area (Å²) >= 11 is 0. The average Bonchev–Trinajstić information content (AvgIpc) is 2.03. The van der Waals surface area contributed by atoms with Crippen molar-refractivity contribution in [3.63, 3.8) is 0 Å². The van der Waals surface area contributed by atoms with Crippen LogP contribution in [0.2, 0.25) is 0 Å². The lowest BCUT2D eigenvalue weighted by Gasteiger charge is -1.93. The van der Waals surface area contributed by atoms with Crippen molar-refractivity contribution in [2.75, 3.05) is 0 Å². The lowest BCUT2D eigenvalue weighted by Crippen LogP contribution is -2.22. The van der Waals surface area contributed by atoms with Crippen LogP contribution in [0.5, 0.6) is 0 Å². The molecule has 0 aliphatic heterocycles. The zero-order valence-electron chi connectivity index (χ0n) is 5.94. The standard InChI is InChI=1S/C6H9N5/c7-6(8)11-3-5-1-9-4-10-2-5/h1-2,4H,3H2,(H4,7,8,11). The SMILES string of the molecule is NC(N)=NCc1cncnc1. The summed E-state index contributed by atoms with van der Waals surface area (Å²) in [5, 5.41) is 0. The molecule has 11 heavy (non-hydrogen) atoms. The van der Waals surface area contributed by atoms with Crippen LogP contribution < -0.4 is 11.5 Å². The quantitative estimate of drug-likeness (QED) is 0.430. The van der Waals surface area contributed by atoms with Crippen molar-refractivity contribution in [3.8, 4) is 0 Å². The molecule has 5 nitrogen and oxygen atoms in total. The first-order valence-electron chi connectivity index (χ1n) is 3.08. The van der Waals surface area contributed by atoms with E-state index in [-0.39, 0.29) is 5.96 Å². The molecular formula is C6H9N5. The Morgan fingerprint density at radius 1 is 1.36 bits per heavy atom. The van der Waals surface area contributed by atoms with E-state index >= 15 is 0 Å². The third-order valence-corrected chi connectivity index (χ3v) is 1.06. The highest BCUT2D eigenvalue weighted by Gasteiger charge is 1.88. The van der Waals surface area contributed by atoms with Gasteiger partial charge in [-0.2, -0.15) is 0 Å². The maximum Gasteiger partial charge on any atom is 0.186 e. The molecule has 0 bridgehead atoms. The Labute approximate surface area is 64.2 Å². The Hall–Kier alpha value is -1.65. The highest BCUT2D eigenvalue weighted by Crippen LogP contribution is 1.93. The zero-order chi connectivity index (χ0) is 8.10. The van der Waals surface area contributed by atoms with Gasteiger partial charge in [0.15, 0.2) is 5.96 Å². The summed E-state index contributed by atoms with van der Waals surface area (Å²) in [4.78, 5) is 11.4. The van der Waals surface area contributed by atoms with Crippen molar-refractivity contribution < 1.29 is 0 Å². The first-order chi connectivity index (χ1) is 5.29. The third kappa shape index (κ3) is 2.61. The van der Waals surface area contributed by atoms with E-state index in [1.807, 2.05) is 0 Å². The number of hydrogen-bond acceptors (Lipinski definition) is 3. The van der Waals surface area contributed by atoms with Crippen molar-refractivity contribution >= 4 is 5.96 Å². The van der Waals surface area contributed by atoms with Gasteiger partial charge in [0.1, 0.15) is 6.33 Å². The lowest BCUT2D eigenvalue weighted by molar-refractivity contribution is 1.000. The Bertz CT molecular complexity index is 238. The van der Waals surface area contributed by atoms with E-state index in [0.29, 0.717) is 6.54 Å². The minimum Gasteiger partial charge on any atom is -0.370 e. The monoisotopic (exact) mass is 151 g/mol. The van der Waals surface area contributed by atoms with Crippen LogP contribution in [0.25, 0.3) is 0 Å². The van der Waals surface area contributed by atoms with Gasteiger partial charge in [0.05, 0.1) is 6.54 Å². The van der Waals surface area contributed by atoms with Gasteiger partial charge in [-0.15, -0.1) is 0 Å². The second-order valence-corrected chi connectivity index (χ2v) is 1.99. The minimum atomic E-state index is 0.0776. The van der Waals surface area contributed by atoms with Crippen molar-refractivity contribution in [1.29, 1.82) is 0 Å². The van der Waals surface area contributed by atoms with E-state index < -0.39 is 0 Å². The van der Waals surface area contributed by atoms with Gasteiger partial charge in [0.2, 0.25) is 0 Å². The number of nitrogens with zero attached hydrogens (tertiary/aromatic N) is 3. The molecule has 0 aromatic carbocycles. The maximum absolute atomic E-state index is 5.13. The predicted molar refractivity (Wildman–Crippen MR) is 41.5 cm³/mol. The molecule has 58 valence electrons. The smallest absolute Gasteiger partial charge is 0.186 e. The molecule has 0 unspecified atom stereocenters. The average molecular weight is 151 g/mol. The van der Waals surface area contributed by atoms with Gasteiger partial charge in [-0.1, -0.05) is 0 Å². The van der Waals surface area contributed by atoms with Gasteiger partial charge in [0.25, 0.3) is 0 Å². The molecule has 1 rings (SSSR count).